The highest BCUT2D eigenvalue weighted by atomic mass is 32.1. The molecule has 0 aliphatic rings. The topological polar surface area (TPSA) is 71.1 Å². The number of anilines is 2. The van der Waals surface area contributed by atoms with Crippen LogP contribution in [0.15, 0.2) is 60.0 Å². The number of aryl methyl sites for hydroxylation is 1. The molecular formula is C22H15F2N3O2S2. The summed E-state index contributed by atoms with van der Waals surface area (Å²) in [7, 11) is 0. The molecule has 4 aromatic rings. The van der Waals surface area contributed by atoms with Crippen molar-refractivity contribution in [1.29, 1.82) is 0 Å². The monoisotopic (exact) mass is 455 g/mol. The molecule has 0 bridgehead atoms. The van der Waals surface area contributed by atoms with Gasteiger partial charge in [0.2, 0.25) is 0 Å². The van der Waals surface area contributed by atoms with Crippen molar-refractivity contribution in [2.45, 2.75) is 6.92 Å². The fourth-order valence-electron chi connectivity index (χ4n) is 2.87. The normalized spacial score (nSPS) is 10.7. The Labute approximate surface area is 184 Å². The van der Waals surface area contributed by atoms with Crippen LogP contribution in [0, 0.1) is 18.6 Å². The summed E-state index contributed by atoms with van der Waals surface area (Å²) in [5.41, 5.74) is 1.72. The summed E-state index contributed by atoms with van der Waals surface area (Å²) in [5, 5.41) is 7.61. The second-order valence-electron chi connectivity index (χ2n) is 6.52. The molecule has 0 spiro atoms. The number of nitrogens with one attached hydrogen (secondary N) is 2. The van der Waals surface area contributed by atoms with E-state index in [2.05, 4.69) is 15.6 Å². The van der Waals surface area contributed by atoms with Gasteiger partial charge < -0.3 is 5.32 Å². The van der Waals surface area contributed by atoms with E-state index in [9.17, 15) is 18.4 Å². The van der Waals surface area contributed by atoms with E-state index in [1.807, 2.05) is 5.38 Å². The summed E-state index contributed by atoms with van der Waals surface area (Å²) >= 11 is 2.55. The minimum Gasteiger partial charge on any atom is -0.321 e. The van der Waals surface area contributed by atoms with E-state index < -0.39 is 17.5 Å². The molecule has 9 heteroatoms. The van der Waals surface area contributed by atoms with E-state index in [0.29, 0.717) is 32.5 Å². The van der Waals surface area contributed by atoms with Gasteiger partial charge in [-0.3, -0.25) is 14.9 Å². The molecule has 5 nitrogen and oxygen atoms in total. The largest absolute Gasteiger partial charge is 0.321 e. The first-order valence-corrected chi connectivity index (χ1v) is 10.8. The van der Waals surface area contributed by atoms with Crippen LogP contribution in [0.1, 0.15) is 24.9 Å². The van der Waals surface area contributed by atoms with Crippen LogP contribution in [0.2, 0.25) is 0 Å². The van der Waals surface area contributed by atoms with Gasteiger partial charge >= 0.3 is 0 Å². The molecular weight excluding hydrogens is 440 g/mol. The number of rotatable bonds is 5. The maximum absolute atomic E-state index is 13.6. The molecule has 0 aliphatic heterocycles. The minimum absolute atomic E-state index is 0.251. The molecule has 0 fully saturated rings. The Morgan fingerprint density at radius 3 is 2.52 bits per heavy atom. The van der Waals surface area contributed by atoms with Gasteiger partial charge in [0, 0.05) is 21.7 Å². The van der Waals surface area contributed by atoms with E-state index in [4.69, 9.17) is 0 Å². The van der Waals surface area contributed by atoms with Gasteiger partial charge in [-0.25, -0.2) is 13.8 Å². The van der Waals surface area contributed by atoms with Crippen molar-refractivity contribution in [2.24, 2.45) is 0 Å². The van der Waals surface area contributed by atoms with Crippen molar-refractivity contribution in [3.05, 3.63) is 86.9 Å². The van der Waals surface area contributed by atoms with Gasteiger partial charge in [0.25, 0.3) is 11.8 Å². The highest BCUT2D eigenvalue weighted by molar-refractivity contribution is 7.16. The van der Waals surface area contributed by atoms with Crippen LogP contribution < -0.4 is 10.6 Å². The van der Waals surface area contributed by atoms with Crippen LogP contribution in [0.3, 0.4) is 0 Å². The third-order valence-corrected chi connectivity index (χ3v) is 6.09. The van der Waals surface area contributed by atoms with Gasteiger partial charge in [0.05, 0.1) is 10.6 Å². The first kappa shape index (κ1) is 20.8. The maximum Gasteiger partial charge on any atom is 0.265 e. The lowest BCUT2D eigenvalue weighted by atomic mass is 10.1. The predicted molar refractivity (Wildman–Crippen MR) is 119 cm³/mol. The zero-order valence-electron chi connectivity index (χ0n) is 16.1. The molecule has 0 saturated carbocycles. The van der Waals surface area contributed by atoms with Crippen molar-refractivity contribution in [2.75, 3.05) is 10.6 Å². The number of hydrogen-bond acceptors (Lipinski definition) is 5. The van der Waals surface area contributed by atoms with Crippen molar-refractivity contribution < 1.29 is 18.4 Å². The van der Waals surface area contributed by atoms with Gasteiger partial charge in [0.1, 0.15) is 0 Å². The Morgan fingerprint density at radius 2 is 1.77 bits per heavy atom. The third-order valence-electron chi connectivity index (χ3n) is 4.34. The lowest BCUT2D eigenvalue weighted by Crippen LogP contribution is -2.14. The Morgan fingerprint density at radius 1 is 0.935 bits per heavy atom. The molecule has 2 aromatic heterocycles. The van der Waals surface area contributed by atoms with E-state index in [-0.39, 0.29) is 5.91 Å². The third kappa shape index (κ3) is 4.68. The van der Waals surface area contributed by atoms with Crippen LogP contribution in [0.5, 0.6) is 0 Å². The second-order valence-corrected chi connectivity index (χ2v) is 8.67. The number of amides is 2. The molecule has 31 heavy (non-hydrogen) atoms. The molecule has 4 rings (SSSR count). The molecule has 2 heterocycles. The van der Waals surface area contributed by atoms with Crippen LogP contribution in [0.25, 0.3) is 11.3 Å². The van der Waals surface area contributed by atoms with E-state index in [1.165, 1.54) is 28.7 Å². The Balaban J connectivity index is 1.50. The summed E-state index contributed by atoms with van der Waals surface area (Å²) in [6.07, 6.45) is 0. The molecule has 0 aliphatic carbocycles. The first-order chi connectivity index (χ1) is 14.9. The van der Waals surface area contributed by atoms with Crippen LogP contribution in [-0.2, 0) is 0 Å². The zero-order chi connectivity index (χ0) is 22.0. The lowest BCUT2D eigenvalue weighted by molar-refractivity contribution is 0.101. The SMILES string of the molecule is Cc1sc(NC(=O)c2cccc(NC(=O)c3cccs3)c2)nc1-c1ccc(F)c(F)c1. The summed E-state index contributed by atoms with van der Waals surface area (Å²) < 4.78 is 26.8. The van der Waals surface area contributed by atoms with E-state index in [1.54, 1.807) is 43.3 Å². The predicted octanol–water partition coefficient (Wildman–Crippen LogP) is 5.96. The van der Waals surface area contributed by atoms with Crippen molar-refractivity contribution in [3.8, 4) is 11.3 Å². The number of carbonyl (C=O) groups is 2. The number of hydrogen-bond donors (Lipinski definition) is 2. The van der Waals surface area contributed by atoms with E-state index >= 15 is 0 Å². The number of carbonyl (C=O) groups excluding carboxylic acids is 2. The summed E-state index contributed by atoms with van der Waals surface area (Å²) in [5.74, 6) is -2.55. The van der Waals surface area contributed by atoms with Crippen LogP contribution in [0.4, 0.5) is 19.6 Å². The van der Waals surface area contributed by atoms with Crippen molar-refractivity contribution in [3.63, 3.8) is 0 Å². The molecule has 2 N–H and O–H groups in total. The molecule has 156 valence electrons. The number of aromatic nitrogens is 1. The van der Waals surface area contributed by atoms with Gasteiger partial charge in [-0.1, -0.05) is 12.1 Å². The summed E-state index contributed by atoms with van der Waals surface area (Å²) in [4.78, 5) is 30.5. The van der Waals surface area contributed by atoms with E-state index in [0.717, 1.165) is 17.0 Å². The number of halogens is 2. The molecule has 2 aromatic carbocycles. The second kappa shape index (κ2) is 8.75. The zero-order valence-corrected chi connectivity index (χ0v) is 17.7. The summed E-state index contributed by atoms with van der Waals surface area (Å²) in [6, 6.07) is 13.6. The Bertz CT molecular complexity index is 1270. The van der Waals surface area contributed by atoms with Crippen LogP contribution in [-0.4, -0.2) is 16.8 Å². The molecule has 0 radical (unpaired) electrons. The van der Waals surface area contributed by atoms with Gasteiger partial charge in [-0.2, -0.15) is 0 Å². The summed E-state index contributed by atoms with van der Waals surface area (Å²) in [6.45, 7) is 1.78. The van der Waals surface area contributed by atoms with Crippen LogP contribution >= 0.6 is 22.7 Å². The fraction of sp³-hybridized carbons (Fsp3) is 0.0455. The van der Waals surface area contributed by atoms with Gasteiger partial charge in [-0.05, 0) is 54.8 Å². The standard InChI is InChI=1S/C22H15F2N3O2S2/c1-12-19(13-7-8-16(23)17(24)11-13)26-22(31-12)27-20(28)14-4-2-5-15(10-14)25-21(29)18-6-3-9-30-18/h2-11H,1H3,(H,25,29)(H,26,27,28). The van der Waals surface area contributed by atoms with Gasteiger partial charge in [-0.15, -0.1) is 22.7 Å². The Hall–Kier alpha value is -3.43. The molecule has 0 atom stereocenters. The molecule has 2 amide bonds. The number of thiazole rings is 1. The maximum atomic E-state index is 13.6. The quantitative estimate of drug-likeness (QED) is 0.390. The highest BCUT2D eigenvalue weighted by Crippen LogP contribution is 2.31. The smallest absolute Gasteiger partial charge is 0.265 e. The van der Waals surface area contributed by atoms with Crippen molar-refractivity contribution in [1.82, 2.24) is 4.98 Å². The minimum atomic E-state index is -0.961. The number of thiophene rings is 1. The number of nitrogens with zero attached hydrogens (tertiary/aromatic N) is 1. The van der Waals surface area contributed by atoms with Gasteiger partial charge in [0.15, 0.2) is 16.8 Å². The average Bonchev–Trinajstić information content (AvgIpc) is 3.40. The van der Waals surface area contributed by atoms with Crippen molar-refractivity contribution >= 4 is 45.3 Å². The molecule has 0 unspecified atom stereocenters. The highest BCUT2D eigenvalue weighted by Gasteiger charge is 2.15. The average molecular weight is 456 g/mol. The Kier molecular flexibility index (Phi) is 5.88. The first-order valence-electron chi connectivity index (χ1n) is 9.10. The number of benzene rings is 2. The lowest BCUT2D eigenvalue weighted by Gasteiger charge is -2.06. The fourth-order valence-corrected chi connectivity index (χ4v) is 4.32. The molecule has 0 saturated heterocycles.